The highest BCUT2D eigenvalue weighted by Gasteiger charge is 2.34. The Kier molecular flexibility index (Phi) is 3.62. The van der Waals surface area contributed by atoms with Gasteiger partial charge in [-0.1, -0.05) is 13.0 Å². The predicted octanol–water partition coefficient (Wildman–Crippen LogP) is 2.40. The molecule has 4 heteroatoms. The van der Waals surface area contributed by atoms with Crippen LogP contribution in [0.3, 0.4) is 0 Å². The molecule has 1 heterocycles. The minimum absolute atomic E-state index is 0.185. The molecular weight excluding hydrogens is 240 g/mol. The Bertz CT molecular complexity index is 446. The van der Waals surface area contributed by atoms with Crippen LogP contribution in [0.1, 0.15) is 37.8 Å². The van der Waals surface area contributed by atoms with Gasteiger partial charge in [0.25, 0.3) is 0 Å². The van der Waals surface area contributed by atoms with Crippen LogP contribution in [0.5, 0.6) is 11.5 Å². The van der Waals surface area contributed by atoms with Crippen molar-refractivity contribution in [3.05, 3.63) is 23.8 Å². The van der Waals surface area contributed by atoms with Crippen LogP contribution in [-0.2, 0) is 0 Å². The van der Waals surface area contributed by atoms with Gasteiger partial charge in [0.1, 0.15) is 0 Å². The highest BCUT2D eigenvalue weighted by atomic mass is 16.5. The molecule has 2 aliphatic rings. The van der Waals surface area contributed by atoms with Crippen molar-refractivity contribution in [2.24, 2.45) is 17.7 Å². The molecule has 2 atom stereocenters. The lowest BCUT2D eigenvalue weighted by molar-refractivity contribution is 0.296. The lowest BCUT2D eigenvalue weighted by atomic mass is 9.91. The van der Waals surface area contributed by atoms with Crippen LogP contribution < -0.4 is 20.7 Å². The molecule has 3 N–H and O–H groups in total. The Morgan fingerprint density at radius 3 is 2.63 bits per heavy atom. The van der Waals surface area contributed by atoms with Crippen LogP contribution in [0.4, 0.5) is 0 Å². The molecule has 104 valence electrons. The lowest BCUT2D eigenvalue weighted by Gasteiger charge is -2.24. The van der Waals surface area contributed by atoms with E-state index < -0.39 is 0 Å². The number of nitrogens with two attached hydrogens (primary N) is 1. The van der Waals surface area contributed by atoms with E-state index in [0.29, 0.717) is 5.92 Å². The van der Waals surface area contributed by atoms with Gasteiger partial charge in [0.2, 0.25) is 0 Å². The summed E-state index contributed by atoms with van der Waals surface area (Å²) in [6, 6.07) is 6.35. The first-order chi connectivity index (χ1) is 9.29. The quantitative estimate of drug-likeness (QED) is 0.646. The zero-order valence-corrected chi connectivity index (χ0v) is 11.4. The van der Waals surface area contributed by atoms with Crippen LogP contribution >= 0.6 is 0 Å². The van der Waals surface area contributed by atoms with Crippen molar-refractivity contribution in [2.45, 2.75) is 32.2 Å². The SMILES string of the molecule is CC(C1CC1)C(NN)c1ccc2c(c1)OCCCO2. The molecule has 3 rings (SSSR count). The van der Waals surface area contributed by atoms with Crippen LogP contribution in [0.2, 0.25) is 0 Å². The summed E-state index contributed by atoms with van der Waals surface area (Å²) in [4.78, 5) is 0. The Morgan fingerprint density at radius 1 is 1.21 bits per heavy atom. The van der Waals surface area contributed by atoms with Gasteiger partial charge in [-0.25, -0.2) is 0 Å². The molecule has 1 aromatic rings. The van der Waals surface area contributed by atoms with Gasteiger partial charge in [-0.3, -0.25) is 11.3 Å². The van der Waals surface area contributed by atoms with Crippen LogP contribution in [-0.4, -0.2) is 13.2 Å². The van der Waals surface area contributed by atoms with Crippen molar-refractivity contribution in [3.8, 4) is 11.5 Å². The number of benzene rings is 1. The fourth-order valence-electron chi connectivity index (χ4n) is 2.82. The number of hydrogen-bond donors (Lipinski definition) is 2. The third-order valence-electron chi connectivity index (χ3n) is 4.20. The Morgan fingerprint density at radius 2 is 1.95 bits per heavy atom. The summed E-state index contributed by atoms with van der Waals surface area (Å²) in [6.07, 6.45) is 3.58. The fourth-order valence-corrected chi connectivity index (χ4v) is 2.82. The average Bonchev–Trinajstić information content (AvgIpc) is 3.26. The molecule has 19 heavy (non-hydrogen) atoms. The number of hydrogen-bond acceptors (Lipinski definition) is 4. The Labute approximate surface area is 114 Å². The summed E-state index contributed by atoms with van der Waals surface area (Å²) in [7, 11) is 0. The smallest absolute Gasteiger partial charge is 0.161 e. The molecule has 1 fully saturated rings. The Balaban J connectivity index is 1.84. The van der Waals surface area contributed by atoms with E-state index in [2.05, 4.69) is 24.5 Å². The molecule has 0 spiro atoms. The number of fused-ring (bicyclic) bond motifs is 1. The first-order valence-electron chi connectivity index (χ1n) is 7.15. The molecule has 1 aliphatic carbocycles. The normalized spacial score (nSPS) is 21.6. The van der Waals surface area contributed by atoms with E-state index in [1.165, 1.54) is 18.4 Å². The summed E-state index contributed by atoms with van der Waals surface area (Å²) in [5, 5.41) is 0. The van der Waals surface area contributed by atoms with E-state index in [0.717, 1.165) is 37.1 Å². The van der Waals surface area contributed by atoms with Gasteiger partial charge in [0.15, 0.2) is 11.5 Å². The largest absolute Gasteiger partial charge is 0.490 e. The molecular formula is C15H22N2O2. The average molecular weight is 262 g/mol. The van der Waals surface area contributed by atoms with Gasteiger partial charge in [0.05, 0.1) is 13.2 Å². The van der Waals surface area contributed by atoms with Gasteiger partial charge in [-0.2, -0.15) is 0 Å². The van der Waals surface area contributed by atoms with E-state index in [1.807, 2.05) is 6.07 Å². The summed E-state index contributed by atoms with van der Waals surface area (Å²) in [6.45, 7) is 3.71. The fraction of sp³-hybridized carbons (Fsp3) is 0.600. The maximum Gasteiger partial charge on any atom is 0.161 e. The van der Waals surface area contributed by atoms with Crippen LogP contribution in [0, 0.1) is 11.8 Å². The van der Waals surface area contributed by atoms with Crippen molar-refractivity contribution in [1.29, 1.82) is 0 Å². The van der Waals surface area contributed by atoms with E-state index in [9.17, 15) is 0 Å². The maximum atomic E-state index is 5.76. The van der Waals surface area contributed by atoms with Gasteiger partial charge in [-0.15, -0.1) is 0 Å². The Hall–Kier alpha value is -1.26. The zero-order valence-electron chi connectivity index (χ0n) is 11.4. The molecule has 0 saturated heterocycles. The molecule has 0 bridgehead atoms. The monoisotopic (exact) mass is 262 g/mol. The van der Waals surface area contributed by atoms with Crippen molar-refractivity contribution >= 4 is 0 Å². The van der Waals surface area contributed by atoms with Crippen molar-refractivity contribution in [3.63, 3.8) is 0 Å². The maximum absolute atomic E-state index is 5.76. The molecule has 1 aromatic carbocycles. The van der Waals surface area contributed by atoms with Crippen molar-refractivity contribution in [1.82, 2.24) is 5.43 Å². The first kappa shape index (κ1) is 12.8. The van der Waals surface area contributed by atoms with Gasteiger partial charge >= 0.3 is 0 Å². The lowest BCUT2D eigenvalue weighted by Crippen LogP contribution is -2.33. The second-order valence-electron chi connectivity index (χ2n) is 5.60. The molecule has 1 aliphatic heterocycles. The number of hydrazine groups is 1. The number of ether oxygens (including phenoxy) is 2. The molecule has 4 nitrogen and oxygen atoms in total. The van der Waals surface area contributed by atoms with Crippen molar-refractivity contribution < 1.29 is 9.47 Å². The summed E-state index contributed by atoms with van der Waals surface area (Å²) < 4.78 is 11.4. The number of nitrogens with one attached hydrogen (secondary N) is 1. The van der Waals surface area contributed by atoms with Gasteiger partial charge < -0.3 is 9.47 Å². The molecule has 0 amide bonds. The molecule has 0 aromatic heterocycles. The van der Waals surface area contributed by atoms with Crippen molar-refractivity contribution in [2.75, 3.05) is 13.2 Å². The first-order valence-corrected chi connectivity index (χ1v) is 7.15. The predicted molar refractivity (Wildman–Crippen MR) is 74.0 cm³/mol. The topological polar surface area (TPSA) is 56.5 Å². The van der Waals surface area contributed by atoms with Crippen LogP contribution in [0.25, 0.3) is 0 Å². The second-order valence-corrected chi connectivity index (χ2v) is 5.60. The van der Waals surface area contributed by atoms with E-state index in [4.69, 9.17) is 15.3 Å². The third kappa shape index (κ3) is 2.69. The van der Waals surface area contributed by atoms with Crippen LogP contribution in [0.15, 0.2) is 18.2 Å². The van der Waals surface area contributed by atoms with E-state index >= 15 is 0 Å². The third-order valence-corrected chi connectivity index (χ3v) is 4.20. The number of rotatable bonds is 4. The standard InChI is InChI=1S/C15H22N2O2/c1-10(11-3-4-11)15(17-16)12-5-6-13-14(9-12)19-8-2-7-18-13/h5-6,9-11,15,17H,2-4,7-8,16H2,1H3. The van der Waals surface area contributed by atoms with Gasteiger partial charge in [-0.05, 0) is 42.4 Å². The highest BCUT2D eigenvalue weighted by molar-refractivity contribution is 5.44. The zero-order chi connectivity index (χ0) is 13.2. The summed E-state index contributed by atoms with van der Waals surface area (Å²) in [5.74, 6) is 8.80. The molecule has 0 radical (unpaired) electrons. The van der Waals surface area contributed by atoms with E-state index in [-0.39, 0.29) is 6.04 Å². The second kappa shape index (κ2) is 5.39. The summed E-state index contributed by atoms with van der Waals surface area (Å²) >= 11 is 0. The van der Waals surface area contributed by atoms with Gasteiger partial charge in [0, 0.05) is 12.5 Å². The summed E-state index contributed by atoms with van der Waals surface area (Å²) in [5.41, 5.74) is 4.15. The molecule has 1 saturated carbocycles. The minimum atomic E-state index is 0.185. The highest BCUT2D eigenvalue weighted by Crippen LogP contribution is 2.43. The molecule has 2 unspecified atom stereocenters. The van der Waals surface area contributed by atoms with E-state index in [1.54, 1.807) is 0 Å². The minimum Gasteiger partial charge on any atom is -0.490 e.